The summed E-state index contributed by atoms with van der Waals surface area (Å²) in [6.07, 6.45) is 3.53. The average molecular weight is 318 g/mol. The van der Waals surface area contributed by atoms with Gasteiger partial charge >= 0.3 is 0 Å². The van der Waals surface area contributed by atoms with E-state index < -0.39 is 0 Å². The van der Waals surface area contributed by atoms with Crippen LogP contribution in [0.5, 0.6) is 0 Å². The number of aryl methyl sites for hydroxylation is 1. The van der Waals surface area contributed by atoms with Gasteiger partial charge in [-0.2, -0.15) is 5.10 Å². The van der Waals surface area contributed by atoms with Crippen LogP contribution < -0.4 is 11.1 Å². The molecular formula is C13H12BrN5. The molecule has 0 unspecified atom stereocenters. The van der Waals surface area contributed by atoms with Gasteiger partial charge in [-0.3, -0.25) is 9.67 Å². The second-order valence-electron chi connectivity index (χ2n) is 4.26. The summed E-state index contributed by atoms with van der Waals surface area (Å²) in [6, 6.07) is 7.96. The first-order valence-electron chi connectivity index (χ1n) is 5.74. The van der Waals surface area contributed by atoms with Gasteiger partial charge in [0.1, 0.15) is 0 Å². The number of hydrogen-bond acceptors (Lipinski definition) is 4. The van der Waals surface area contributed by atoms with E-state index in [0.29, 0.717) is 11.5 Å². The number of benzene rings is 1. The van der Waals surface area contributed by atoms with Gasteiger partial charge in [-0.05, 0) is 28.1 Å². The molecule has 96 valence electrons. The summed E-state index contributed by atoms with van der Waals surface area (Å²) in [7, 11) is 1.83. The van der Waals surface area contributed by atoms with Gasteiger partial charge in [0.25, 0.3) is 0 Å². The van der Waals surface area contributed by atoms with Crippen molar-refractivity contribution < 1.29 is 0 Å². The standard InChI is InChI=1S/C13H12BrN5/c1-19-7-10(15)13(18-19)17-11-4-2-3-8-5-9(14)6-16-12(8)11/h2-7H,15H2,1H3,(H,17,18). The van der Waals surface area contributed by atoms with Crippen molar-refractivity contribution in [3.8, 4) is 0 Å². The number of hydrogen-bond donors (Lipinski definition) is 2. The number of nitrogens with zero attached hydrogens (tertiary/aromatic N) is 3. The van der Waals surface area contributed by atoms with Crippen LogP contribution in [0.25, 0.3) is 10.9 Å². The Hall–Kier alpha value is -2.08. The molecule has 5 nitrogen and oxygen atoms in total. The number of nitrogens with two attached hydrogens (primary N) is 1. The molecule has 2 aromatic heterocycles. The van der Waals surface area contributed by atoms with Crippen molar-refractivity contribution in [1.29, 1.82) is 0 Å². The zero-order chi connectivity index (χ0) is 13.4. The van der Waals surface area contributed by atoms with Gasteiger partial charge in [0.15, 0.2) is 5.82 Å². The SMILES string of the molecule is Cn1cc(N)c(Nc2cccc3cc(Br)cnc23)n1. The molecule has 0 amide bonds. The molecule has 0 saturated carbocycles. The molecule has 1 aromatic carbocycles. The molecule has 0 fully saturated rings. The Bertz CT molecular complexity index is 750. The van der Waals surface area contributed by atoms with E-state index in [9.17, 15) is 0 Å². The lowest BCUT2D eigenvalue weighted by molar-refractivity contribution is 0.771. The number of aromatic nitrogens is 3. The third-order valence-corrected chi connectivity index (χ3v) is 3.22. The number of fused-ring (bicyclic) bond motifs is 1. The third kappa shape index (κ3) is 2.26. The highest BCUT2D eigenvalue weighted by molar-refractivity contribution is 9.10. The van der Waals surface area contributed by atoms with Crippen molar-refractivity contribution in [1.82, 2.24) is 14.8 Å². The predicted octanol–water partition coefficient (Wildman–Crippen LogP) is 3.06. The normalized spacial score (nSPS) is 10.8. The molecule has 0 aliphatic heterocycles. The van der Waals surface area contributed by atoms with Crippen LogP contribution in [0.1, 0.15) is 0 Å². The van der Waals surface area contributed by atoms with Gasteiger partial charge < -0.3 is 11.1 Å². The molecule has 0 radical (unpaired) electrons. The summed E-state index contributed by atoms with van der Waals surface area (Å²) in [5.41, 5.74) is 8.26. The number of pyridine rings is 1. The summed E-state index contributed by atoms with van der Waals surface area (Å²) < 4.78 is 2.63. The molecule has 19 heavy (non-hydrogen) atoms. The molecule has 0 aliphatic carbocycles. The Kier molecular flexibility index (Phi) is 2.87. The lowest BCUT2D eigenvalue weighted by Gasteiger charge is -2.07. The maximum atomic E-state index is 5.88. The average Bonchev–Trinajstić information content (AvgIpc) is 2.68. The number of anilines is 3. The zero-order valence-electron chi connectivity index (χ0n) is 10.3. The van der Waals surface area contributed by atoms with Gasteiger partial charge in [-0.25, -0.2) is 0 Å². The van der Waals surface area contributed by atoms with E-state index in [-0.39, 0.29) is 0 Å². The molecule has 2 heterocycles. The molecule has 3 rings (SSSR count). The quantitative estimate of drug-likeness (QED) is 0.762. The first-order chi connectivity index (χ1) is 9.13. The van der Waals surface area contributed by atoms with Crippen molar-refractivity contribution in [2.75, 3.05) is 11.1 Å². The maximum absolute atomic E-state index is 5.88. The highest BCUT2D eigenvalue weighted by Crippen LogP contribution is 2.27. The van der Waals surface area contributed by atoms with Gasteiger partial charge in [-0.1, -0.05) is 12.1 Å². The van der Waals surface area contributed by atoms with Gasteiger partial charge in [0.2, 0.25) is 0 Å². The topological polar surface area (TPSA) is 68.8 Å². The van der Waals surface area contributed by atoms with Crippen LogP contribution >= 0.6 is 15.9 Å². The first kappa shape index (κ1) is 12.0. The molecule has 0 aliphatic rings. The number of para-hydroxylation sites is 1. The highest BCUT2D eigenvalue weighted by Gasteiger charge is 2.08. The van der Waals surface area contributed by atoms with Crippen molar-refractivity contribution >= 4 is 44.0 Å². The van der Waals surface area contributed by atoms with E-state index in [1.807, 2.05) is 31.3 Å². The van der Waals surface area contributed by atoms with Gasteiger partial charge in [0, 0.05) is 29.3 Å². The van der Waals surface area contributed by atoms with Crippen LogP contribution in [-0.2, 0) is 7.05 Å². The summed E-state index contributed by atoms with van der Waals surface area (Å²) in [5, 5.41) is 8.54. The molecule has 0 bridgehead atoms. The molecule has 0 saturated heterocycles. The second-order valence-corrected chi connectivity index (χ2v) is 5.18. The largest absolute Gasteiger partial charge is 0.394 e. The second kappa shape index (κ2) is 4.55. The molecule has 3 aromatic rings. The fraction of sp³-hybridized carbons (Fsp3) is 0.0769. The van der Waals surface area contributed by atoms with Crippen LogP contribution in [0.3, 0.4) is 0 Å². The number of nitrogen functional groups attached to an aromatic ring is 1. The first-order valence-corrected chi connectivity index (χ1v) is 6.53. The fourth-order valence-corrected chi connectivity index (χ4v) is 2.32. The van der Waals surface area contributed by atoms with Crippen LogP contribution in [-0.4, -0.2) is 14.8 Å². The minimum Gasteiger partial charge on any atom is -0.394 e. The van der Waals surface area contributed by atoms with E-state index in [2.05, 4.69) is 31.3 Å². The number of halogens is 1. The third-order valence-electron chi connectivity index (χ3n) is 2.79. The zero-order valence-corrected chi connectivity index (χ0v) is 11.8. The fourth-order valence-electron chi connectivity index (χ4n) is 1.97. The highest BCUT2D eigenvalue weighted by atomic mass is 79.9. The lowest BCUT2D eigenvalue weighted by atomic mass is 10.2. The predicted molar refractivity (Wildman–Crippen MR) is 80.3 cm³/mol. The smallest absolute Gasteiger partial charge is 0.175 e. The minimum atomic E-state index is 0.608. The summed E-state index contributed by atoms with van der Waals surface area (Å²) >= 11 is 3.42. The van der Waals surface area contributed by atoms with Crippen molar-refractivity contribution in [2.45, 2.75) is 0 Å². The van der Waals surface area contributed by atoms with Gasteiger partial charge in [0.05, 0.1) is 16.9 Å². The van der Waals surface area contributed by atoms with Gasteiger partial charge in [-0.15, -0.1) is 0 Å². The Balaban J connectivity index is 2.08. The molecule has 3 N–H and O–H groups in total. The van der Waals surface area contributed by atoms with E-state index in [0.717, 1.165) is 21.1 Å². The van der Waals surface area contributed by atoms with E-state index in [1.54, 1.807) is 17.1 Å². The van der Waals surface area contributed by atoms with Crippen LogP contribution in [0.2, 0.25) is 0 Å². The van der Waals surface area contributed by atoms with E-state index in [4.69, 9.17) is 5.73 Å². The summed E-state index contributed by atoms with van der Waals surface area (Å²) in [5.74, 6) is 0.639. The Morgan fingerprint density at radius 2 is 2.21 bits per heavy atom. The number of rotatable bonds is 2. The molecular weight excluding hydrogens is 306 g/mol. The van der Waals surface area contributed by atoms with Crippen molar-refractivity contribution in [3.05, 3.63) is 41.1 Å². The van der Waals surface area contributed by atoms with Crippen molar-refractivity contribution in [3.63, 3.8) is 0 Å². The summed E-state index contributed by atoms with van der Waals surface area (Å²) in [6.45, 7) is 0. The molecule has 6 heteroatoms. The Labute approximate surface area is 118 Å². The van der Waals surface area contributed by atoms with Crippen molar-refractivity contribution in [2.24, 2.45) is 7.05 Å². The molecule has 0 spiro atoms. The van der Waals surface area contributed by atoms with Crippen LogP contribution in [0.15, 0.2) is 41.1 Å². The minimum absolute atomic E-state index is 0.608. The monoisotopic (exact) mass is 317 g/mol. The molecule has 0 atom stereocenters. The summed E-state index contributed by atoms with van der Waals surface area (Å²) in [4.78, 5) is 4.43. The van der Waals surface area contributed by atoms with Crippen LogP contribution in [0, 0.1) is 0 Å². The van der Waals surface area contributed by atoms with Crippen LogP contribution in [0.4, 0.5) is 17.2 Å². The Morgan fingerprint density at radius 3 is 2.95 bits per heavy atom. The van der Waals surface area contributed by atoms with E-state index in [1.165, 1.54) is 0 Å². The lowest BCUT2D eigenvalue weighted by Crippen LogP contribution is -1.97. The Morgan fingerprint density at radius 1 is 1.37 bits per heavy atom. The number of nitrogens with one attached hydrogen (secondary N) is 1. The van der Waals surface area contributed by atoms with E-state index >= 15 is 0 Å². The maximum Gasteiger partial charge on any atom is 0.175 e.